The third kappa shape index (κ3) is 6.95. The molecule has 2 saturated heterocycles. The second kappa shape index (κ2) is 12.7. The van der Waals surface area contributed by atoms with Crippen molar-refractivity contribution in [1.29, 1.82) is 0 Å². The summed E-state index contributed by atoms with van der Waals surface area (Å²) in [5, 5.41) is 3.47. The molecule has 1 N–H and O–H groups in total. The summed E-state index contributed by atoms with van der Waals surface area (Å²) in [5.41, 5.74) is 1.09. The maximum atomic E-state index is 13.2. The first-order valence-corrected chi connectivity index (χ1v) is 11.1. The van der Waals surface area contributed by atoms with Gasteiger partial charge in [-0.05, 0) is 44.7 Å². The van der Waals surface area contributed by atoms with Crippen LogP contribution in [0, 0.1) is 5.82 Å². The summed E-state index contributed by atoms with van der Waals surface area (Å²) in [7, 11) is 0. The summed E-state index contributed by atoms with van der Waals surface area (Å²) in [6.45, 7) is 17.8. The molecule has 0 spiro atoms. The van der Waals surface area contributed by atoms with Gasteiger partial charge in [-0.15, -0.1) is 24.0 Å². The molecule has 2 fully saturated rings. The van der Waals surface area contributed by atoms with E-state index in [9.17, 15) is 4.39 Å². The molecule has 0 amide bonds. The van der Waals surface area contributed by atoms with Gasteiger partial charge in [0.15, 0.2) is 5.96 Å². The maximum Gasteiger partial charge on any atom is 0.194 e. The van der Waals surface area contributed by atoms with Crippen molar-refractivity contribution in [1.82, 2.24) is 20.0 Å². The Hall–Kier alpha value is -1.13. The summed E-state index contributed by atoms with van der Waals surface area (Å²) >= 11 is 0. The predicted molar refractivity (Wildman–Crippen MR) is 135 cm³/mol. The number of halogens is 2. The fraction of sp³-hybridized carbons (Fsp3) is 0.682. The smallest absolute Gasteiger partial charge is 0.194 e. The van der Waals surface area contributed by atoms with Crippen LogP contribution in [0.2, 0.25) is 0 Å². The minimum Gasteiger partial charge on any atom is -0.368 e. The van der Waals surface area contributed by atoms with Crippen molar-refractivity contribution in [3.05, 3.63) is 30.1 Å². The highest BCUT2D eigenvalue weighted by Gasteiger charge is 2.22. The standard InChI is InChI=1S/C22H37FN6.HI/c1-4-24-22(25-18-19(3)27-12-10-26(5-2)11-13-27)29-16-14-28(15-17-29)21-8-6-20(23)7-9-21;/h6-9,19H,4-5,10-18H2,1-3H3,(H,24,25);1H. The molecule has 0 saturated carbocycles. The van der Waals surface area contributed by atoms with Crippen molar-refractivity contribution in [2.75, 3.05) is 76.9 Å². The van der Waals surface area contributed by atoms with Crippen molar-refractivity contribution < 1.29 is 4.39 Å². The lowest BCUT2D eigenvalue weighted by molar-refractivity contribution is 0.109. The monoisotopic (exact) mass is 532 g/mol. The predicted octanol–water partition coefficient (Wildman–Crippen LogP) is 2.56. The first kappa shape index (κ1) is 25.1. The average Bonchev–Trinajstić information content (AvgIpc) is 2.77. The van der Waals surface area contributed by atoms with E-state index in [1.54, 1.807) is 0 Å². The normalized spacial score (nSPS) is 20.1. The molecule has 0 aliphatic carbocycles. The van der Waals surface area contributed by atoms with Crippen LogP contribution in [0.3, 0.4) is 0 Å². The highest BCUT2D eigenvalue weighted by atomic mass is 127. The zero-order valence-electron chi connectivity index (χ0n) is 18.7. The maximum absolute atomic E-state index is 13.2. The molecule has 3 rings (SSSR count). The van der Waals surface area contributed by atoms with E-state index in [2.05, 4.69) is 45.7 Å². The van der Waals surface area contributed by atoms with Crippen LogP contribution < -0.4 is 10.2 Å². The van der Waals surface area contributed by atoms with Gasteiger partial charge in [0.25, 0.3) is 0 Å². The number of rotatable bonds is 6. The quantitative estimate of drug-likeness (QED) is 0.347. The zero-order chi connectivity index (χ0) is 20.6. The summed E-state index contributed by atoms with van der Waals surface area (Å²) in [6.07, 6.45) is 0. The van der Waals surface area contributed by atoms with Gasteiger partial charge in [-0.1, -0.05) is 6.92 Å². The molecular weight excluding hydrogens is 494 g/mol. The number of aliphatic imine (C=N–C) groups is 1. The Balaban J connectivity index is 0.00000320. The molecule has 1 unspecified atom stereocenters. The van der Waals surface area contributed by atoms with E-state index in [1.807, 2.05) is 12.1 Å². The Bertz CT molecular complexity index is 640. The number of piperazine rings is 2. The van der Waals surface area contributed by atoms with Gasteiger partial charge in [0, 0.05) is 70.6 Å². The van der Waals surface area contributed by atoms with Crippen molar-refractivity contribution in [2.24, 2.45) is 4.99 Å². The number of hydrogen-bond acceptors (Lipinski definition) is 4. The van der Waals surface area contributed by atoms with Gasteiger partial charge in [-0.25, -0.2) is 4.39 Å². The molecule has 2 heterocycles. The third-order valence-corrected chi connectivity index (χ3v) is 6.09. The molecule has 0 radical (unpaired) electrons. The molecular formula is C22H38FIN6. The summed E-state index contributed by atoms with van der Waals surface area (Å²) in [5.74, 6) is 0.837. The van der Waals surface area contributed by atoms with Gasteiger partial charge in [-0.2, -0.15) is 0 Å². The van der Waals surface area contributed by atoms with E-state index in [4.69, 9.17) is 4.99 Å². The lowest BCUT2D eigenvalue weighted by Gasteiger charge is -2.39. The van der Waals surface area contributed by atoms with Gasteiger partial charge in [-0.3, -0.25) is 9.89 Å². The minimum atomic E-state index is -0.181. The molecule has 1 aromatic carbocycles. The number of nitrogens with zero attached hydrogens (tertiary/aromatic N) is 5. The van der Waals surface area contributed by atoms with Crippen LogP contribution in [-0.2, 0) is 0 Å². The fourth-order valence-corrected chi connectivity index (χ4v) is 4.11. The number of likely N-dealkylation sites (N-methyl/N-ethyl adjacent to an activating group) is 1. The molecule has 1 aromatic rings. The van der Waals surface area contributed by atoms with Crippen molar-refractivity contribution in [2.45, 2.75) is 26.8 Å². The number of anilines is 1. The molecule has 8 heteroatoms. The van der Waals surface area contributed by atoms with E-state index < -0.39 is 0 Å². The second-order valence-corrected chi connectivity index (χ2v) is 7.96. The van der Waals surface area contributed by atoms with Crippen LogP contribution in [0.15, 0.2) is 29.3 Å². The molecule has 1 atom stereocenters. The number of nitrogens with one attached hydrogen (secondary N) is 1. The molecule has 0 aromatic heterocycles. The lowest BCUT2D eigenvalue weighted by Crippen LogP contribution is -2.53. The van der Waals surface area contributed by atoms with Crippen LogP contribution in [0.5, 0.6) is 0 Å². The van der Waals surface area contributed by atoms with Crippen LogP contribution in [0.4, 0.5) is 10.1 Å². The fourth-order valence-electron chi connectivity index (χ4n) is 4.11. The zero-order valence-corrected chi connectivity index (χ0v) is 21.0. The topological polar surface area (TPSA) is 37.4 Å². The van der Waals surface area contributed by atoms with Crippen LogP contribution >= 0.6 is 24.0 Å². The Morgan fingerprint density at radius 3 is 2.20 bits per heavy atom. The van der Waals surface area contributed by atoms with Crippen molar-refractivity contribution in [3.63, 3.8) is 0 Å². The molecule has 6 nitrogen and oxygen atoms in total. The molecule has 2 aliphatic rings. The van der Waals surface area contributed by atoms with Crippen LogP contribution in [0.25, 0.3) is 0 Å². The van der Waals surface area contributed by atoms with Crippen LogP contribution in [-0.4, -0.2) is 98.7 Å². The Morgan fingerprint density at radius 1 is 1.00 bits per heavy atom. The lowest BCUT2D eigenvalue weighted by atomic mass is 10.2. The average molecular weight is 532 g/mol. The molecule has 30 heavy (non-hydrogen) atoms. The Morgan fingerprint density at radius 2 is 1.63 bits per heavy atom. The largest absolute Gasteiger partial charge is 0.368 e. The number of guanidine groups is 1. The van der Waals surface area contributed by atoms with Crippen molar-refractivity contribution in [3.8, 4) is 0 Å². The van der Waals surface area contributed by atoms with Crippen LogP contribution in [0.1, 0.15) is 20.8 Å². The van der Waals surface area contributed by atoms with E-state index in [1.165, 1.54) is 12.1 Å². The Labute approximate surface area is 198 Å². The number of hydrogen-bond donors (Lipinski definition) is 1. The summed E-state index contributed by atoms with van der Waals surface area (Å²) in [6, 6.07) is 7.27. The van der Waals surface area contributed by atoms with E-state index in [0.29, 0.717) is 6.04 Å². The molecule has 0 bridgehead atoms. The summed E-state index contributed by atoms with van der Waals surface area (Å²) in [4.78, 5) is 14.7. The van der Waals surface area contributed by atoms with E-state index in [-0.39, 0.29) is 29.8 Å². The van der Waals surface area contributed by atoms with Crippen molar-refractivity contribution >= 4 is 35.6 Å². The van der Waals surface area contributed by atoms with Gasteiger partial charge in [0.05, 0.1) is 6.54 Å². The van der Waals surface area contributed by atoms with Gasteiger partial charge in [0.1, 0.15) is 5.82 Å². The number of benzene rings is 1. The van der Waals surface area contributed by atoms with Gasteiger partial charge >= 0.3 is 0 Å². The van der Waals surface area contributed by atoms with Gasteiger partial charge < -0.3 is 20.0 Å². The summed E-state index contributed by atoms with van der Waals surface area (Å²) < 4.78 is 13.2. The minimum absolute atomic E-state index is 0. The van der Waals surface area contributed by atoms with E-state index >= 15 is 0 Å². The SMILES string of the molecule is CCNC(=NCC(C)N1CCN(CC)CC1)N1CCN(c2ccc(F)cc2)CC1.I. The first-order valence-electron chi connectivity index (χ1n) is 11.1. The molecule has 2 aliphatic heterocycles. The third-order valence-electron chi connectivity index (χ3n) is 6.09. The first-order chi connectivity index (χ1) is 14.1. The highest BCUT2D eigenvalue weighted by Crippen LogP contribution is 2.17. The van der Waals surface area contributed by atoms with E-state index in [0.717, 1.165) is 83.6 Å². The highest BCUT2D eigenvalue weighted by molar-refractivity contribution is 14.0. The molecule has 170 valence electrons. The second-order valence-electron chi connectivity index (χ2n) is 7.96. The Kier molecular flexibility index (Phi) is 10.6. The van der Waals surface area contributed by atoms with Gasteiger partial charge in [0.2, 0.25) is 0 Å².